The Labute approximate surface area is 147 Å². The molecule has 24 heavy (non-hydrogen) atoms. The highest BCUT2D eigenvalue weighted by atomic mass is 16.3. The van der Waals surface area contributed by atoms with Crippen LogP contribution in [0.15, 0.2) is 12.2 Å². The van der Waals surface area contributed by atoms with Gasteiger partial charge in [0.1, 0.15) is 0 Å². The molecule has 4 aliphatic carbocycles. The third kappa shape index (κ3) is 2.02. The minimum Gasteiger partial charge on any atom is -0.390 e. The predicted octanol–water partition coefficient (Wildman–Crippen LogP) is 4.41. The molecule has 0 heterocycles. The number of fused-ring (bicyclic) bond motifs is 5. The molecule has 4 saturated carbocycles. The van der Waals surface area contributed by atoms with E-state index in [1.165, 1.54) is 24.8 Å². The van der Waals surface area contributed by atoms with Gasteiger partial charge >= 0.3 is 0 Å². The van der Waals surface area contributed by atoms with Crippen LogP contribution in [0.25, 0.3) is 0 Å². The van der Waals surface area contributed by atoms with Crippen LogP contribution in [0.3, 0.4) is 0 Å². The van der Waals surface area contributed by atoms with E-state index in [2.05, 4.69) is 34.3 Å². The fourth-order valence-corrected chi connectivity index (χ4v) is 7.72. The van der Waals surface area contributed by atoms with Crippen molar-refractivity contribution >= 4 is 0 Å². The van der Waals surface area contributed by atoms with Crippen molar-refractivity contribution in [2.75, 3.05) is 0 Å². The van der Waals surface area contributed by atoms with E-state index in [0.29, 0.717) is 17.8 Å². The molecule has 0 amide bonds. The summed E-state index contributed by atoms with van der Waals surface area (Å²) in [6.07, 6.45) is 5.92. The van der Waals surface area contributed by atoms with Gasteiger partial charge in [-0.1, -0.05) is 39.8 Å². The molecule has 5 unspecified atom stereocenters. The van der Waals surface area contributed by atoms with Crippen LogP contribution in [0.1, 0.15) is 66.2 Å². The summed E-state index contributed by atoms with van der Waals surface area (Å²) in [5.74, 6) is 3.00. The molecule has 0 aromatic rings. The number of hydrogen-bond acceptors (Lipinski definition) is 2. The summed E-state index contributed by atoms with van der Waals surface area (Å²) in [6.45, 7) is 13.9. The molecule has 0 radical (unpaired) electrons. The molecule has 4 fully saturated rings. The van der Waals surface area contributed by atoms with E-state index in [1.54, 1.807) is 0 Å². The van der Waals surface area contributed by atoms with Crippen molar-refractivity contribution in [3.63, 3.8) is 0 Å². The van der Waals surface area contributed by atoms with Gasteiger partial charge in [-0.3, -0.25) is 0 Å². The predicted molar refractivity (Wildman–Crippen MR) is 97.4 cm³/mol. The van der Waals surface area contributed by atoms with Crippen LogP contribution in [-0.2, 0) is 0 Å². The van der Waals surface area contributed by atoms with Crippen molar-refractivity contribution in [2.24, 2.45) is 46.3 Å². The van der Waals surface area contributed by atoms with Crippen LogP contribution in [0.4, 0.5) is 0 Å². The second-order valence-electron chi connectivity index (χ2n) is 10.4. The van der Waals surface area contributed by atoms with Gasteiger partial charge in [0.15, 0.2) is 0 Å². The van der Waals surface area contributed by atoms with Crippen molar-refractivity contribution in [2.45, 2.75) is 78.4 Å². The lowest BCUT2D eigenvalue weighted by atomic mass is 9.42. The summed E-state index contributed by atoms with van der Waals surface area (Å²) >= 11 is 0. The number of aliphatic hydroxyl groups excluding tert-OH is 2. The van der Waals surface area contributed by atoms with Crippen molar-refractivity contribution in [1.29, 1.82) is 0 Å². The largest absolute Gasteiger partial charge is 0.390 e. The molecule has 0 aromatic carbocycles. The molecule has 2 heteroatoms. The summed E-state index contributed by atoms with van der Waals surface area (Å²) in [4.78, 5) is 0. The monoisotopic (exact) mass is 332 g/mol. The third-order valence-electron chi connectivity index (χ3n) is 9.50. The van der Waals surface area contributed by atoms with E-state index in [4.69, 9.17) is 0 Å². The summed E-state index contributed by atoms with van der Waals surface area (Å²) < 4.78 is 0. The molecule has 2 N–H and O–H groups in total. The third-order valence-corrected chi connectivity index (χ3v) is 9.50. The van der Waals surface area contributed by atoms with E-state index in [9.17, 15) is 10.2 Å². The number of rotatable bonds is 0. The average molecular weight is 333 g/mol. The minimum absolute atomic E-state index is 0.193. The summed E-state index contributed by atoms with van der Waals surface area (Å²) in [5, 5.41) is 22.2. The first-order chi connectivity index (χ1) is 11.2. The molecule has 2 nitrogen and oxygen atoms in total. The second kappa shape index (κ2) is 5.33. The first-order valence-corrected chi connectivity index (χ1v) is 10.2. The van der Waals surface area contributed by atoms with Crippen LogP contribution < -0.4 is 0 Å². The maximum atomic E-state index is 11.1. The molecule has 0 bridgehead atoms. The Bertz CT molecular complexity index is 542. The Balaban J connectivity index is 1.74. The van der Waals surface area contributed by atoms with Gasteiger partial charge in [-0.2, -0.15) is 0 Å². The summed E-state index contributed by atoms with van der Waals surface area (Å²) in [6, 6.07) is 0. The highest BCUT2D eigenvalue weighted by molar-refractivity contribution is 5.23. The van der Waals surface area contributed by atoms with Crippen LogP contribution >= 0.6 is 0 Å². The molecule has 4 rings (SSSR count). The Hall–Kier alpha value is -0.340. The standard InChI is InChI=1S/C22H36O2/c1-12-10-17-19(23)20(24)18-15-7-6-14(3)21(15,4)9-8-16(18)22(17,5)11-13(12)2/h12-13,15-20,23-24H,3,6-11H2,1-2,4-5H3/t12-,13+,15?,16?,17?,18?,19+,20?,21+,22+/m0/s1. The molecular weight excluding hydrogens is 296 g/mol. The molecule has 0 aromatic heterocycles. The molecule has 10 atom stereocenters. The molecular formula is C22H36O2. The Morgan fingerprint density at radius 2 is 1.67 bits per heavy atom. The Morgan fingerprint density at radius 1 is 0.958 bits per heavy atom. The topological polar surface area (TPSA) is 40.5 Å². The zero-order chi connectivity index (χ0) is 17.4. The SMILES string of the molecule is C=C1CCC2C3C(O)[C@H](O)C4C[C@H](C)[C@H](C)C[C@]4(C)C3CC[C@]12C. The van der Waals surface area contributed by atoms with Crippen molar-refractivity contribution in [1.82, 2.24) is 0 Å². The average Bonchev–Trinajstić information content (AvgIpc) is 2.83. The van der Waals surface area contributed by atoms with Crippen molar-refractivity contribution in [3.05, 3.63) is 12.2 Å². The van der Waals surface area contributed by atoms with E-state index in [1.807, 2.05) is 0 Å². The zero-order valence-corrected chi connectivity index (χ0v) is 16.0. The fourth-order valence-electron chi connectivity index (χ4n) is 7.72. The molecule has 136 valence electrons. The van der Waals surface area contributed by atoms with Crippen LogP contribution in [0.5, 0.6) is 0 Å². The van der Waals surface area contributed by atoms with E-state index in [0.717, 1.165) is 25.2 Å². The van der Waals surface area contributed by atoms with E-state index >= 15 is 0 Å². The van der Waals surface area contributed by atoms with Crippen LogP contribution in [0.2, 0.25) is 0 Å². The maximum absolute atomic E-state index is 11.1. The molecule has 0 spiro atoms. The van der Waals surface area contributed by atoms with E-state index < -0.39 is 12.2 Å². The van der Waals surface area contributed by atoms with Gasteiger partial charge in [-0.25, -0.2) is 0 Å². The minimum atomic E-state index is -0.539. The normalized spacial score (nSPS) is 60.3. The lowest BCUT2D eigenvalue weighted by molar-refractivity contribution is -0.219. The van der Waals surface area contributed by atoms with Gasteiger partial charge in [0, 0.05) is 0 Å². The number of allylic oxidation sites excluding steroid dienone is 1. The molecule has 4 aliphatic rings. The van der Waals surface area contributed by atoms with Crippen molar-refractivity contribution < 1.29 is 10.2 Å². The molecule has 0 saturated heterocycles. The number of hydrogen-bond donors (Lipinski definition) is 2. The first kappa shape index (κ1) is 17.1. The lowest BCUT2D eigenvalue weighted by Gasteiger charge is -2.64. The maximum Gasteiger partial charge on any atom is 0.0835 e. The summed E-state index contributed by atoms with van der Waals surface area (Å²) in [7, 11) is 0. The lowest BCUT2D eigenvalue weighted by Crippen LogP contribution is -2.64. The van der Waals surface area contributed by atoms with Gasteiger partial charge in [-0.15, -0.1) is 0 Å². The fraction of sp³-hybridized carbons (Fsp3) is 0.909. The second-order valence-corrected chi connectivity index (χ2v) is 10.4. The smallest absolute Gasteiger partial charge is 0.0835 e. The highest BCUT2D eigenvalue weighted by Gasteiger charge is 2.64. The first-order valence-electron chi connectivity index (χ1n) is 10.2. The zero-order valence-electron chi connectivity index (χ0n) is 16.0. The quantitative estimate of drug-likeness (QED) is 0.645. The Morgan fingerprint density at radius 3 is 2.38 bits per heavy atom. The van der Waals surface area contributed by atoms with Gasteiger partial charge in [0.05, 0.1) is 12.2 Å². The van der Waals surface area contributed by atoms with Crippen LogP contribution in [0, 0.1) is 46.3 Å². The van der Waals surface area contributed by atoms with E-state index in [-0.39, 0.29) is 22.7 Å². The molecule has 0 aliphatic heterocycles. The number of aliphatic hydroxyl groups is 2. The Kier molecular flexibility index (Phi) is 3.80. The van der Waals surface area contributed by atoms with Gasteiger partial charge in [-0.05, 0) is 84.9 Å². The van der Waals surface area contributed by atoms with Gasteiger partial charge in [0.25, 0.3) is 0 Å². The van der Waals surface area contributed by atoms with Gasteiger partial charge in [0.2, 0.25) is 0 Å². The summed E-state index contributed by atoms with van der Waals surface area (Å²) in [5.41, 5.74) is 1.78. The van der Waals surface area contributed by atoms with Crippen molar-refractivity contribution in [3.8, 4) is 0 Å². The van der Waals surface area contributed by atoms with Gasteiger partial charge < -0.3 is 10.2 Å². The van der Waals surface area contributed by atoms with Crippen LogP contribution in [-0.4, -0.2) is 22.4 Å². The highest BCUT2D eigenvalue weighted by Crippen LogP contribution is 2.67.